The largest absolute Gasteiger partial charge is 0.465 e. The molecule has 1 atom stereocenters. The lowest BCUT2D eigenvalue weighted by Crippen LogP contribution is -2.40. The van der Waals surface area contributed by atoms with E-state index in [0.29, 0.717) is 24.5 Å². The van der Waals surface area contributed by atoms with E-state index < -0.39 is 0 Å². The van der Waals surface area contributed by atoms with Crippen molar-refractivity contribution >= 4 is 5.91 Å². The van der Waals surface area contributed by atoms with E-state index >= 15 is 0 Å². The Balaban J connectivity index is 1.74. The summed E-state index contributed by atoms with van der Waals surface area (Å²) in [7, 11) is 1.70. The number of furan rings is 1. The maximum atomic E-state index is 13.0. The molecule has 6 heteroatoms. The Morgan fingerprint density at radius 3 is 2.96 bits per heavy atom. The highest BCUT2D eigenvalue weighted by atomic mass is 16.5. The molecule has 0 radical (unpaired) electrons. The minimum Gasteiger partial charge on any atom is -0.465 e. The molecule has 1 aliphatic rings. The van der Waals surface area contributed by atoms with Crippen molar-refractivity contribution in [1.82, 2.24) is 14.5 Å². The summed E-state index contributed by atoms with van der Waals surface area (Å²) in [5.41, 5.74) is 0.692. The highest BCUT2D eigenvalue weighted by Crippen LogP contribution is 2.29. The predicted octanol–water partition coefficient (Wildman–Crippen LogP) is 3.57. The molecule has 0 aromatic carbocycles. The number of aryl methyl sites for hydroxylation is 1. The number of carbonyl (C=O) groups excluding carboxylic acids is 1. The van der Waals surface area contributed by atoms with Gasteiger partial charge in [0.2, 0.25) is 0 Å². The van der Waals surface area contributed by atoms with Crippen LogP contribution in [0.5, 0.6) is 0 Å². The first-order valence-electron chi connectivity index (χ1n) is 9.40. The minimum atomic E-state index is 0.0675. The molecule has 0 spiro atoms. The van der Waals surface area contributed by atoms with Crippen LogP contribution >= 0.6 is 0 Å². The lowest BCUT2D eigenvalue weighted by molar-refractivity contribution is 0.0700. The van der Waals surface area contributed by atoms with Gasteiger partial charge in [0.05, 0.1) is 12.2 Å². The number of methoxy groups -OCH3 is 1. The van der Waals surface area contributed by atoms with E-state index in [4.69, 9.17) is 9.15 Å². The Bertz CT molecular complexity index is 747. The van der Waals surface area contributed by atoms with Crippen molar-refractivity contribution < 1.29 is 13.9 Å². The van der Waals surface area contributed by atoms with E-state index in [1.165, 1.54) is 0 Å². The molecular weight excluding hydrogens is 330 g/mol. The molecular formula is C20H29N3O3. The average molecular weight is 359 g/mol. The van der Waals surface area contributed by atoms with Gasteiger partial charge >= 0.3 is 0 Å². The number of rotatable bonds is 6. The zero-order valence-electron chi connectivity index (χ0n) is 16.2. The summed E-state index contributed by atoms with van der Waals surface area (Å²) in [5.74, 6) is 3.23. The Morgan fingerprint density at radius 1 is 1.46 bits per heavy atom. The van der Waals surface area contributed by atoms with Gasteiger partial charge in [-0.05, 0) is 25.8 Å². The van der Waals surface area contributed by atoms with Crippen LogP contribution in [-0.2, 0) is 11.3 Å². The molecule has 0 bridgehead atoms. The van der Waals surface area contributed by atoms with Crippen LogP contribution in [0.3, 0.4) is 0 Å². The number of likely N-dealkylation sites (tertiary alicyclic amines) is 1. The first kappa shape index (κ1) is 18.7. The molecule has 1 amide bonds. The van der Waals surface area contributed by atoms with Gasteiger partial charge < -0.3 is 18.6 Å². The number of piperidine rings is 1. The maximum absolute atomic E-state index is 13.0. The fourth-order valence-corrected chi connectivity index (χ4v) is 3.60. The molecule has 26 heavy (non-hydrogen) atoms. The van der Waals surface area contributed by atoms with Crippen molar-refractivity contribution in [3.05, 3.63) is 41.4 Å². The van der Waals surface area contributed by atoms with E-state index in [1.54, 1.807) is 7.11 Å². The van der Waals surface area contributed by atoms with Crippen LogP contribution in [0, 0.1) is 6.92 Å². The fourth-order valence-electron chi connectivity index (χ4n) is 3.60. The van der Waals surface area contributed by atoms with Gasteiger partial charge in [-0.2, -0.15) is 0 Å². The Hall–Kier alpha value is -2.08. The first-order valence-corrected chi connectivity index (χ1v) is 9.40. The smallest absolute Gasteiger partial charge is 0.257 e. The van der Waals surface area contributed by atoms with Gasteiger partial charge in [-0.3, -0.25) is 4.79 Å². The van der Waals surface area contributed by atoms with Crippen molar-refractivity contribution in [2.45, 2.75) is 52.0 Å². The molecule has 1 saturated heterocycles. The quantitative estimate of drug-likeness (QED) is 0.791. The van der Waals surface area contributed by atoms with Gasteiger partial charge in [-0.15, -0.1) is 0 Å². The summed E-state index contributed by atoms with van der Waals surface area (Å²) in [6, 6.07) is 1.91. The van der Waals surface area contributed by atoms with Crippen molar-refractivity contribution in [3.8, 4) is 0 Å². The molecule has 2 aromatic rings. The summed E-state index contributed by atoms with van der Waals surface area (Å²) in [5, 5.41) is 0. The number of aromatic nitrogens is 2. The number of hydrogen-bond acceptors (Lipinski definition) is 4. The van der Waals surface area contributed by atoms with Crippen molar-refractivity contribution in [3.63, 3.8) is 0 Å². The van der Waals surface area contributed by atoms with E-state index in [2.05, 4.69) is 23.4 Å². The Morgan fingerprint density at radius 2 is 2.27 bits per heavy atom. The van der Waals surface area contributed by atoms with Crippen molar-refractivity contribution in [2.75, 3.05) is 26.8 Å². The minimum absolute atomic E-state index is 0.0675. The zero-order valence-corrected chi connectivity index (χ0v) is 16.2. The van der Waals surface area contributed by atoms with Gasteiger partial charge in [-0.1, -0.05) is 13.8 Å². The second-order valence-corrected chi connectivity index (χ2v) is 7.34. The zero-order chi connectivity index (χ0) is 18.7. The molecule has 0 saturated carbocycles. The Kier molecular flexibility index (Phi) is 5.81. The number of amides is 1. The number of carbonyl (C=O) groups is 1. The highest BCUT2D eigenvalue weighted by Gasteiger charge is 2.29. The third kappa shape index (κ3) is 3.85. The Labute approximate surface area is 155 Å². The van der Waals surface area contributed by atoms with Gasteiger partial charge in [0, 0.05) is 51.0 Å². The first-order chi connectivity index (χ1) is 12.5. The lowest BCUT2D eigenvalue weighted by Gasteiger charge is -2.32. The molecule has 3 rings (SSSR count). The van der Waals surface area contributed by atoms with E-state index in [-0.39, 0.29) is 17.7 Å². The summed E-state index contributed by atoms with van der Waals surface area (Å²) < 4.78 is 13.1. The summed E-state index contributed by atoms with van der Waals surface area (Å²) >= 11 is 0. The average Bonchev–Trinajstić information content (AvgIpc) is 3.26. The highest BCUT2D eigenvalue weighted by molar-refractivity contribution is 5.95. The fraction of sp³-hybridized carbons (Fsp3) is 0.600. The van der Waals surface area contributed by atoms with Crippen LogP contribution in [0.1, 0.15) is 66.2 Å². The normalized spacial score (nSPS) is 17.9. The third-order valence-corrected chi connectivity index (χ3v) is 5.09. The SMILES string of the molecule is COCCn1ccnc1C1CCCN(C(=O)c2cc(C(C)C)oc2C)C1. The number of imidazole rings is 1. The van der Waals surface area contributed by atoms with Crippen LogP contribution < -0.4 is 0 Å². The van der Waals surface area contributed by atoms with Crippen molar-refractivity contribution in [1.29, 1.82) is 0 Å². The monoisotopic (exact) mass is 359 g/mol. The number of hydrogen-bond donors (Lipinski definition) is 0. The molecule has 1 unspecified atom stereocenters. The van der Waals surface area contributed by atoms with E-state index in [9.17, 15) is 4.79 Å². The second-order valence-electron chi connectivity index (χ2n) is 7.34. The number of ether oxygens (including phenoxy) is 1. The summed E-state index contributed by atoms with van der Waals surface area (Å²) in [6.45, 7) is 8.95. The van der Waals surface area contributed by atoms with Gasteiger partial charge in [-0.25, -0.2) is 4.98 Å². The molecule has 142 valence electrons. The molecule has 1 aliphatic heterocycles. The third-order valence-electron chi connectivity index (χ3n) is 5.09. The van der Waals surface area contributed by atoms with Gasteiger partial charge in [0.15, 0.2) is 0 Å². The molecule has 0 N–H and O–H groups in total. The van der Waals surface area contributed by atoms with E-state index in [1.807, 2.05) is 30.3 Å². The predicted molar refractivity (Wildman–Crippen MR) is 99.5 cm³/mol. The van der Waals surface area contributed by atoms with Crippen LogP contribution in [0.25, 0.3) is 0 Å². The van der Waals surface area contributed by atoms with Crippen LogP contribution in [0.15, 0.2) is 22.9 Å². The maximum Gasteiger partial charge on any atom is 0.257 e. The lowest BCUT2D eigenvalue weighted by atomic mass is 9.96. The number of nitrogens with zero attached hydrogens (tertiary/aromatic N) is 3. The standard InChI is InChI=1S/C20H29N3O3/c1-14(2)18-12-17(15(3)26-18)20(24)23-8-5-6-16(13-23)19-21-7-9-22(19)10-11-25-4/h7,9,12,14,16H,5-6,8,10-11,13H2,1-4H3. The van der Waals surface area contributed by atoms with Gasteiger partial charge in [0.25, 0.3) is 5.91 Å². The van der Waals surface area contributed by atoms with Crippen molar-refractivity contribution in [2.24, 2.45) is 0 Å². The molecule has 0 aliphatic carbocycles. The topological polar surface area (TPSA) is 60.5 Å². The van der Waals surface area contributed by atoms with Crippen LogP contribution in [0.2, 0.25) is 0 Å². The molecule has 2 aromatic heterocycles. The molecule has 1 fully saturated rings. The molecule has 6 nitrogen and oxygen atoms in total. The van der Waals surface area contributed by atoms with Crippen LogP contribution in [0.4, 0.5) is 0 Å². The summed E-state index contributed by atoms with van der Waals surface area (Å²) in [6.07, 6.45) is 5.86. The van der Waals surface area contributed by atoms with Crippen LogP contribution in [-0.4, -0.2) is 47.2 Å². The molecule has 3 heterocycles. The van der Waals surface area contributed by atoms with E-state index in [0.717, 1.165) is 37.5 Å². The van der Waals surface area contributed by atoms with Gasteiger partial charge in [0.1, 0.15) is 17.3 Å². The summed E-state index contributed by atoms with van der Waals surface area (Å²) in [4.78, 5) is 19.6. The second kappa shape index (κ2) is 8.08.